The maximum absolute atomic E-state index is 13.8. The second-order valence-corrected chi connectivity index (χ2v) is 7.25. The van der Waals surface area contributed by atoms with Crippen molar-refractivity contribution in [2.75, 3.05) is 19.6 Å². The molecule has 0 atom stereocenters. The number of benzene rings is 2. The molecule has 138 valence electrons. The fourth-order valence-corrected chi connectivity index (χ4v) is 3.47. The molecule has 2 aromatic carbocycles. The molecule has 2 aromatic rings. The summed E-state index contributed by atoms with van der Waals surface area (Å²) < 4.78 is 13.8. The number of piperidine rings is 1. The van der Waals surface area contributed by atoms with Crippen LogP contribution in [0, 0.1) is 11.7 Å². The Hall–Kier alpha value is -1.91. The van der Waals surface area contributed by atoms with Crippen molar-refractivity contribution < 1.29 is 9.18 Å². The van der Waals surface area contributed by atoms with Gasteiger partial charge in [-0.25, -0.2) is 4.39 Å². The highest BCUT2D eigenvalue weighted by molar-refractivity contribution is 6.30. The van der Waals surface area contributed by atoms with Gasteiger partial charge in [-0.05, 0) is 56.1 Å². The van der Waals surface area contributed by atoms with E-state index in [0.717, 1.165) is 48.5 Å². The van der Waals surface area contributed by atoms with Crippen molar-refractivity contribution in [1.82, 2.24) is 10.2 Å². The van der Waals surface area contributed by atoms with E-state index in [9.17, 15) is 9.18 Å². The highest BCUT2D eigenvalue weighted by Gasteiger charge is 2.25. The van der Waals surface area contributed by atoms with E-state index in [-0.39, 0.29) is 17.6 Å². The van der Waals surface area contributed by atoms with Crippen LogP contribution >= 0.6 is 11.6 Å². The Morgan fingerprint density at radius 1 is 1.12 bits per heavy atom. The minimum atomic E-state index is -0.158. The number of carbonyl (C=O) groups is 1. The third-order valence-electron chi connectivity index (χ3n) is 4.94. The molecule has 3 nitrogen and oxygen atoms in total. The standard InChI is InChI=1S/C21H24ClFN2O/c22-19-7-5-16(6-8-19)9-12-24-21(26)17-10-13-25(14-11-17)15-18-3-1-2-4-20(18)23/h1-8,17H,9-15H2,(H,24,26). The molecule has 1 heterocycles. The third-order valence-corrected chi connectivity index (χ3v) is 5.19. The molecule has 1 N–H and O–H groups in total. The number of carbonyl (C=O) groups excluding carboxylic acids is 1. The first kappa shape index (κ1) is 18.9. The number of likely N-dealkylation sites (tertiary alicyclic amines) is 1. The van der Waals surface area contributed by atoms with E-state index in [0.29, 0.717) is 13.1 Å². The first-order valence-corrected chi connectivity index (χ1v) is 9.47. The second kappa shape index (κ2) is 9.15. The van der Waals surface area contributed by atoms with E-state index < -0.39 is 0 Å². The van der Waals surface area contributed by atoms with Gasteiger partial charge >= 0.3 is 0 Å². The van der Waals surface area contributed by atoms with E-state index in [2.05, 4.69) is 10.2 Å². The van der Waals surface area contributed by atoms with Crippen molar-refractivity contribution in [2.45, 2.75) is 25.8 Å². The van der Waals surface area contributed by atoms with Crippen LogP contribution in [0.25, 0.3) is 0 Å². The maximum atomic E-state index is 13.8. The predicted octanol–water partition coefficient (Wildman–Crippen LogP) is 4.05. The van der Waals surface area contributed by atoms with Gasteiger partial charge in [0.15, 0.2) is 0 Å². The Morgan fingerprint density at radius 3 is 2.50 bits per heavy atom. The zero-order chi connectivity index (χ0) is 18.4. The van der Waals surface area contributed by atoms with Gasteiger partial charge in [0.1, 0.15) is 5.82 Å². The highest BCUT2D eigenvalue weighted by Crippen LogP contribution is 2.20. The van der Waals surface area contributed by atoms with Gasteiger partial charge in [-0.2, -0.15) is 0 Å². The summed E-state index contributed by atoms with van der Waals surface area (Å²) in [7, 11) is 0. The number of nitrogens with one attached hydrogen (secondary N) is 1. The van der Waals surface area contributed by atoms with Crippen LogP contribution in [0.1, 0.15) is 24.0 Å². The molecule has 5 heteroatoms. The second-order valence-electron chi connectivity index (χ2n) is 6.81. The lowest BCUT2D eigenvalue weighted by atomic mass is 9.95. The van der Waals surface area contributed by atoms with Crippen LogP contribution in [-0.4, -0.2) is 30.4 Å². The highest BCUT2D eigenvalue weighted by atomic mass is 35.5. The summed E-state index contributed by atoms with van der Waals surface area (Å²) in [6.07, 6.45) is 2.44. The van der Waals surface area contributed by atoms with Crippen LogP contribution in [0.3, 0.4) is 0 Å². The van der Waals surface area contributed by atoms with E-state index in [4.69, 9.17) is 11.6 Å². The summed E-state index contributed by atoms with van der Waals surface area (Å²) in [6.45, 7) is 2.89. The lowest BCUT2D eigenvalue weighted by Gasteiger charge is -2.31. The SMILES string of the molecule is O=C(NCCc1ccc(Cl)cc1)C1CCN(Cc2ccccc2F)CC1. The van der Waals surface area contributed by atoms with Crippen LogP contribution in [0.4, 0.5) is 4.39 Å². The van der Waals surface area contributed by atoms with Crippen LogP contribution in [0.2, 0.25) is 5.02 Å². The summed E-state index contributed by atoms with van der Waals surface area (Å²) in [6, 6.07) is 14.6. The summed E-state index contributed by atoms with van der Waals surface area (Å²) in [5.41, 5.74) is 1.88. The van der Waals surface area contributed by atoms with Crippen LogP contribution < -0.4 is 5.32 Å². The molecule has 0 unspecified atom stereocenters. The predicted molar refractivity (Wildman–Crippen MR) is 103 cm³/mol. The summed E-state index contributed by atoms with van der Waals surface area (Å²) in [4.78, 5) is 14.6. The molecule has 1 aliphatic rings. The van der Waals surface area contributed by atoms with E-state index in [1.807, 2.05) is 36.4 Å². The average molecular weight is 375 g/mol. The molecule has 0 spiro atoms. The van der Waals surface area contributed by atoms with Gasteiger partial charge in [0.05, 0.1) is 0 Å². The van der Waals surface area contributed by atoms with E-state index >= 15 is 0 Å². The van der Waals surface area contributed by atoms with Gasteiger partial charge in [0.25, 0.3) is 0 Å². The monoisotopic (exact) mass is 374 g/mol. The van der Waals surface area contributed by atoms with E-state index in [1.54, 1.807) is 6.07 Å². The molecule has 0 radical (unpaired) electrons. The van der Waals surface area contributed by atoms with Gasteiger partial charge in [-0.3, -0.25) is 9.69 Å². The molecule has 26 heavy (non-hydrogen) atoms. The fraction of sp³-hybridized carbons (Fsp3) is 0.381. The fourth-order valence-electron chi connectivity index (χ4n) is 3.35. The zero-order valence-electron chi connectivity index (χ0n) is 14.8. The number of hydrogen-bond donors (Lipinski definition) is 1. The Kier molecular flexibility index (Phi) is 6.64. The van der Waals surface area contributed by atoms with Crippen molar-refractivity contribution in [3.05, 3.63) is 70.5 Å². The number of rotatable bonds is 6. The molecule has 0 bridgehead atoms. The molecule has 1 aliphatic heterocycles. The van der Waals surface area contributed by atoms with Crippen molar-refractivity contribution in [3.63, 3.8) is 0 Å². The van der Waals surface area contributed by atoms with E-state index in [1.165, 1.54) is 6.07 Å². The lowest BCUT2D eigenvalue weighted by molar-refractivity contribution is -0.126. The van der Waals surface area contributed by atoms with Gasteiger partial charge < -0.3 is 5.32 Å². The Balaban J connectivity index is 1.39. The molecular weight excluding hydrogens is 351 g/mol. The minimum Gasteiger partial charge on any atom is -0.356 e. The first-order chi connectivity index (χ1) is 12.6. The smallest absolute Gasteiger partial charge is 0.223 e. The summed E-state index contributed by atoms with van der Waals surface area (Å²) in [5, 5.41) is 3.76. The molecule has 0 saturated carbocycles. The molecule has 0 aliphatic carbocycles. The average Bonchev–Trinajstić information content (AvgIpc) is 2.66. The molecule has 1 fully saturated rings. The summed E-state index contributed by atoms with van der Waals surface area (Å²) >= 11 is 5.87. The number of amides is 1. The van der Waals surface area contributed by atoms with Gasteiger partial charge in [-0.15, -0.1) is 0 Å². The molecular formula is C21H24ClFN2O. The van der Waals surface area contributed by atoms with Crippen LogP contribution in [-0.2, 0) is 17.8 Å². The first-order valence-electron chi connectivity index (χ1n) is 9.10. The Labute approximate surface area is 159 Å². The van der Waals surface area contributed by atoms with Crippen molar-refractivity contribution in [2.24, 2.45) is 5.92 Å². The van der Waals surface area contributed by atoms with Crippen molar-refractivity contribution >= 4 is 17.5 Å². The minimum absolute atomic E-state index is 0.0529. The largest absolute Gasteiger partial charge is 0.356 e. The molecule has 1 amide bonds. The number of hydrogen-bond acceptors (Lipinski definition) is 2. The summed E-state index contributed by atoms with van der Waals surface area (Å²) in [5.74, 6) is 0.0242. The molecule has 3 rings (SSSR count). The topological polar surface area (TPSA) is 32.3 Å². The number of nitrogens with zero attached hydrogens (tertiary/aromatic N) is 1. The molecule has 0 aromatic heterocycles. The van der Waals surface area contributed by atoms with Gasteiger partial charge in [-0.1, -0.05) is 41.9 Å². The van der Waals surface area contributed by atoms with Crippen molar-refractivity contribution in [3.8, 4) is 0 Å². The Morgan fingerprint density at radius 2 is 1.81 bits per heavy atom. The third kappa shape index (κ3) is 5.29. The van der Waals surface area contributed by atoms with Crippen LogP contribution in [0.15, 0.2) is 48.5 Å². The Bertz CT molecular complexity index is 727. The maximum Gasteiger partial charge on any atom is 0.223 e. The van der Waals surface area contributed by atoms with Gasteiger partial charge in [0, 0.05) is 29.6 Å². The normalized spacial score (nSPS) is 15.8. The quantitative estimate of drug-likeness (QED) is 0.827. The lowest BCUT2D eigenvalue weighted by Crippen LogP contribution is -2.40. The zero-order valence-corrected chi connectivity index (χ0v) is 15.5. The van der Waals surface area contributed by atoms with Crippen LogP contribution in [0.5, 0.6) is 0 Å². The number of halogens is 2. The molecule has 1 saturated heterocycles. The van der Waals surface area contributed by atoms with Gasteiger partial charge in [0.2, 0.25) is 5.91 Å². The van der Waals surface area contributed by atoms with Crippen molar-refractivity contribution in [1.29, 1.82) is 0 Å².